The zero-order valence-corrected chi connectivity index (χ0v) is 10.3. The van der Waals surface area contributed by atoms with Gasteiger partial charge in [0, 0.05) is 5.56 Å². The van der Waals surface area contributed by atoms with Gasteiger partial charge in [-0.1, -0.05) is 6.07 Å². The van der Waals surface area contributed by atoms with Crippen molar-refractivity contribution in [2.75, 3.05) is 0 Å². The quantitative estimate of drug-likeness (QED) is 0.769. The van der Waals surface area contributed by atoms with Gasteiger partial charge in [-0.05, 0) is 18.2 Å². The number of phenols is 1. The SMILES string of the molecule is NCc1nnc(-c2cccc(O)c2)o1.O=C(O)C(F)(F)F. The summed E-state index contributed by atoms with van der Waals surface area (Å²) in [6, 6.07) is 6.60. The maximum atomic E-state index is 10.6. The summed E-state index contributed by atoms with van der Waals surface area (Å²) in [5.41, 5.74) is 6.00. The number of aromatic hydroxyl groups is 1. The van der Waals surface area contributed by atoms with E-state index in [9.17, 15) is 18.3 Å². The first-order valence-electron chi connectivity index (χ1n) is 5.36. The van der Waals surface area contributed by atoms with E-state index in [1.54, 1.807) is 24.3 Å². The molecule has 21 heavy (non-hydrogen) atoms. The Morgan fingerprint density at radius 3 is 2.38 bits per heavy atom. The van der Waals surface area contributed by atoms with Crippen LogP contribution in [0, 0.1) is 0 Å². The molecule has 0 spiro atoms. The number of carboxylic acids is 1. The average Bonchev–Trinajstić information content (AvgIpc) is 2.87. The largest absolute Gasteiger partial charge is 0.508 e. The van der Waals surface area contributed by atoms with Crippen LogP contribution in [-0.2, 0) is 11.3 Å². The highest BCUT2D eigenvalue weighted by molar-refractivity contribution is 5.73. The zero-order valence-electron chi connectivity index (χ0n) is 10.3. The molecule has 0 fully saturated rings. The van der Waals surface area contributed by atoms with Crippen LogP contribution in [0.25, 0.3) is 11.5 Å². The van der Waals surface area contributed by atoms with Crippen molar-refractivity contribution in [2.24, 2.45) is 5.73 Å². The van der Waals surface area contributed by atoms with Gasteiger partial charge in [0.25, 0.3) is 0 Å². The smallest absolute Gasteiger partial charge is 0.490 e. The fourth-order valence-electron chi connectivity index (χ4n) is 1.09. The number of alkyl halides is 3. The number of carbonyl (C=O) groups is 1. The number of rotatable bonds is 2. The van der Waals surface area contributed by atoms with E-state index in [0.29, 0.717) is 17.3 Å². The molecule has 0 saturated carbocycles. The predicted octanol–water partition coefficient (Wildman–Crippen LogP) is 1.53. The highest BCUT2D eigenvalue weighted by atomic mass is 19.4. The number of hydrogen-bond donors (Lipinski definition) is 3. The number of phenolic OH excluding ortho intramolecular Hbond substituents is 1. The van der Waals surface area contributed by atoms with E-state index < -0.39 is 12.1 Å². The Morgan fingerprint density at radius 2 is 1.95 bits per heavy atom. The third-order valence-electron chi connectivity index (χ3n) is 1.98. The molecule has 1 heterocycles. The van der Waals surface area contributed by atoms with Gasteiger partial charge in [0.05, 0.1) is 6.54 Å². The second-order valence-electron chi connectivity index (χ2n) is 3.56. The van der Waals surface area contributed by atoms with Crippen molar-refractivity contribution in [2.45, 2.75) is 12.7 Å². The van der Waals surface area contributed by atoms with E-state index in [4.69, 9.17) is 20.1 Å². The maximum absolute atomic E-state index is 10.6. The summed E-state index contributed by atoms with van der Waals surface area (Å²) in [4.78, 5) is 8.90. The normalized spacial score (nSPS) is 10.7. The molecule has 2 rings (SSSR count). The second-order valence-corrected chi connectivity index (χ2v) is 3.56. The van der Waals surface area contributed by atoms with Crippen LogP contribution in [0.4, 0.5) is 13.2 Å². The summed E-state index contributed by atoms with van der Waals surface area (Å²) in [6.45, 7) is 0.214. The van der Waals surface area contributed by atoms with Crippen LogP contribution >= 0.6 is 0 Å². The van der Waals surface area contributed by atoms with Gasteiger partial charge in [0.15, 0.2) is 0 Å². The number of nitrogens with two attached hydrogens (primary N) is 1. The van der Waals surface area contributed by atoms with Gasteiger partial charge in [-0.15, -0.1) is 10.2 Å². The lowest BCUT2D eigenvalue weighted by Crippen LogP contribution is -2.21. The predicted molar refractivity (Wildman–Crippen MR) is 63.0 cm³/mol. The molecule has 0 saturated heterocycles. The molecule has 10 heteroatoms. The minimum Gasteiger partial charge on any atom is -0.508 e. The Hall–Kier alpha value is -2.62. The van der Waals surface area contributed by atoms with Crippen molar-refractivity contribution in [3.8, 4) is 17.2 Å². The first-order chi connectivity index (χ1) is 9.74. The zero-order chi connectivity index (χ0) is 16.0. The molecular weight excluding hydrogens is 295 g/mol. The number of halogens is 3. The Balaban J connectivity index is 0.000000270. The molecule has 0 aliphatic rings. The summed E-state index contributed by atoms with van der Waals surface area (Å²) in [7, 11) is 0. The topological polar surface area (TPSA) is 122 Å². The Bertz CT molecular complexity index is 613. The number of hydrogen-bond acceptors (Lipinski definition) is 6. The highest BCUT2D eigenvalue weighted by Gasteiger charge is 2.38. The number of aliphatic carboxylic acids is 1. The van der Waals surface area contributed by atoms with Gasteiger partial charge >= 0.3 is 12.1 Å². The van der Waals surface area contributed by atoms with E-state index in [1.165, 1.54) is 0 Å². The molecule has 4 N–H and O–H groups in total. The molecule has 0 atom stereocenters. The number of aromatic nitrogens is 2. The number of carboxylic acid groups (broad SMARTS) is 1. The van der Waals surface area contributed by atoms with E-state index in [1.807, 2.05) is 0 Å². The molecule has 1 aromatic carbocycles. The Morgan fingerprint density at radius 1 is 1.33 bits per heavy atom. The van der Waals surface area contributed by atoms with E-state index >= 15 is 0 Å². The lowest BCUT2D eigenvalue weighted by molar-refractivity contribution is -0.192. The fraction of sp³-hybridized carbons (Fsp3) is 0.182. The van der Waals surface area contributed by atoms with Crippen LogP contribution in [-0.4, -0.2) is 32.6 Å². The fourth-order valence-corrected chi connectivity index (χ4v) is 1.09. The van der Waals surface area contributed by atoms with Crippen molar-refractivity contribution in [1.29, 1.82) is 0 Å². The molecular formula is C11H10F3N3O4. The number of nitrogens with zero attached hydrogens (tertiary/aromatic N) is 2. The summed E-state index contributed by atoms with van der Waals surface area (Å²) in [5.74, 6) is -1.85. The monoisotopic (exact) mass is 305 g/mol. The van der Waals surface area contributed by atoms with E-state index in [2.05, 4.69) is 10.2 Å². The van der Waals surface area contributed by atoms with Gasteiger partial charge in [0.1, 0.15) is 5.75 Å². The lowest BCUT2D eigenvalue weighted by Gasteiger charge is -1.94. The van der Waals surface area contributed by atoms with Crippen LogP contribution in [0.3, 0.4) is 0 Å². The molecule has 114 valence electrons. The third-order valence-corrected chi connectivity index (χ3v) is 1.98. The van der Waals surface area contributed by atoms with Crippen LogP contribution in [0.15, 0.2) is 28.7 Å². The minimum absolute atomic E-state index is 0.162. The molecule has 7 nitrogen and oxygen atoms in total. The first kappa shape index (κ1) is 16.4. The minimum atomic E-state index is -5.08. The third kappa shape index (κ3) is 5.10. The van der Waals surface area contributed by atoms with Crippen molar-refractivity contribution in [1.82, 2.24) is 10.2 Å². The van der Waals surface area contributed by atoms with Gasteiger partial charge in [-0.3, -0.25) is 0 Å². The molecule has 0 radical (unpaired) electrons. The molecule has 1 aromatic heterocycles. The van der Waals surface area contributed by atoms with Crippen molar-refractivity contribution in [3.63, 3.8) is 0 Å². The summed E-state index contributed by atoms with van der Waals surface area (Å²) < 4.78 is 37.0. The lowest BCUT2D eigenvalue weighted by atomic mass is 10.2. The molecule has 0 unspecified atom stereocenters. The standard InChI is InChI=1S/C9H9N3O2.C2HF3O2/c10-5-8-11-12-9(14-8)6-2-1-3-7(13)4-6;3-2(4,5)1(6)7/h1-4,13H,5,10H2;(H,6,7). The Kier molecular flexibility index (Phi) is 5.24. The van der Waals surface area contributed by atoms with Crippen LogP contribution in [0.1, 0.15) is 5.89 Å². The van der Waals surface area contributed by atoms with Crippen LogP contribution in [0.2, 0.25) is 0 Å². The first-order valence-corrected chi connectivity index (χ1v) is 5.36. The summed E-state index contributed by atoms with van der Waals surface area (Å²) >= 11 is 0. The summed E-state index contributed by atoms with van der Waals surface area (Å²) in [6.07, 6.45) is -5.08. The maximum Gasteiger partial charge on any atom is 0.490 e. The van der Waals surface area contributed by atoms with E-state index in [-0.39, 0.29) is 12.3 Å². The van der Waals surface area contributed by atoms with Gasteiger partial charge in [-0.25, -0.2) is 4.79 Å². The van der Waals surface area contributed by atoms with Gasteiger partial charge in [-0.2, -0.15) is 13.2 Å². The number of benzene rings is 1. The van der Waals surface area contributed by atoms with E-state index in [0.717, 1.165) is 0 Å². The van der Waals surface area contributed by atoms with Gasteiger partial charge < -0.3 is 20.4 Å². The average molecular weight is 305 g/mol. The van der Waals surface area contributed by atoms with Crippen molar-refractivity contribution >= 4 is 5.97 Å². The molecule has 2 aromatic rings. The summed E-state index contributed by atoms with van der Waals surface area (Å²) in [5, 5.41) is 23.9. The molecule has 0 aliphatic carbocycles. The second kappa shape index (κ2) is 6.70. The molecule has 0 amide bonds. The Labute approximate surface area is 115 Å². The highest BCUT2D eigenvalue weighted by Crippen LogP contribution is 2.21. The molecule has 0 aliphatic heterocycles. The van der Waals surface area contributed by atoms with Gasteiger partial charge in [0.2, 0.25) is 11.8 Å². The van der Waals surface area contributed by atoms with Crippen LogP contribution < -0.4 is 5.73 Å². The van der Waals surface area contributed by atoms with Crippen LogP contribution in [0.5, 0.6) is 5.75 Å². The van der Waals surface area contributed by atoms with Crippen molar-refractivity contribution < 1.29 is 32.6 Å². The molecule has 0 bridgehead atoms. The van der Waals surface area contributed by atoms with Crippen molar-refractivity contribution in [3.05, 3.63) is 30.2 Å².